The predicted octanol–water partition coefficient (Wildman–Crippen LogP) is 7.12. The number of carbonyl (C=O) groups excluding carboxylic acids is 3. The van der Waals surface area contributed by atoms with Gasteiger partial charge >= 0.3 is 12.2 Å². The molecule has 224 valence electrons. The van der Waals surface area contributed by atoms with E-state index in [0.717, 1.165) is 29.0 Å². The first-order chi connectivity index (χ1) is 19.7. The lowest BCUT2D eigenvalue weighted by atomic mass is 10.0. The first-order valence-corrected chi connectivity index (χ1v) is 14.4. The van der Waals surface area contributed by atoms with E-state index < -0.39 is 23.4 Å². The van der Waals surface area contributed by atoms with Crippen molar-refractivity contribution >= 4 is 35.5 Å². The molecule has 1 aliphatic rings. The van der Waals surface area contributed by atoms with Crippen molar-refractivity contribution in [1.82, 2.24) is 14.3 Å². The van der Waals surface area contributed by atoms with E-state index in [4.69, 9.17) is 14.5 Å². The molecule has 3 aromatic rings. The van der Waals surface area contributed by atoms with Gasteiger partial charge in [-0.25, -0.2) is 14.6 Å². The lowest BCUT2D eigenvalue weighted by Gasteiger charge is -2.30. The molecule has 0 N–H and O–H groups in total. The first-order valence-electron chi connectivity index (χ1n) is 14.4. The fourth-order valence-corrected chi connectivity index (χ4v) is 4.89. The number of pyridine rings is 1. The summed E-state index contributed by atoms with van der Waals surface area (Å²) < 4.78 is 13.3. The number of anilines is 1. The molecule has 9 heteroatoms. The number of fused-ring (bicyclic) bond motifs is 1. The van der Waals surface area contributed by atoms with E-state index in [1.54, 1.807) is 52.1 Å². The van der Waals surface area contributed by atoms with Crippen molar-refractivity contribution in [2.75, 3.05) is 18.0 Å². The molecule has 0 radical (unpaired) electrons. The highest BCUT2D eigenvalue weighted by Gasteiger charge is 2.38. The first kappa shape index (κ1) is 30.8. The number of allylic oxidation sites excluding steroid dienone is 1. The molecular weight excluding hydrogens is 532 g/mol. The van der Waals surface area contributed by atoms with E-state index in [1.807, 2.05) is 61.2 Å². The minimum Gasteiger partial charge on any atom is -0.443 e. The Morgan fingerprint density at radius 1 is 0.929 bits per heavy atom. The number of amides is 3. The molecule has 0 bridgehead atoms. The summed E-state index contributed by atoms with van der Waals surface area (Å²) in [5.74, 6) is -0.155. The molecule has 42 heavy (non-hydrogen) atoms. The topological polar surface area (TPSA) is 93.5 Å². The van der Waals surface area contributed by atoms with Crippen LogP contribution in [0.15, 0.2) is 42.6 Å². The Hall–Kier alpha value is -4.14. The van der Waals surface area contributed by atoms with Gasteiger partial charge in [0.25, 0.3) is 5.91 Å². The van der Waals surface area contributed by atoms with Crippen LogP contribution < -0.4 is 4.90 Å². The zero-order chi connectivity index (χ0) is 30.8. The third kappa shape index (κ3) is 7.01. The van der Waals surface area contributed by atoms with Gasteiger partial charge in [-0.15, -0.1) is 0 Å². The third-order valence-electron chi connectivity index (χ3n) is 6.90. The molecule has 0 atom stereocenters. The van der Waals surface area contributed by atoms with E-state index >= 15 is 0 Å². The highest BCUT2D eigenvalue weighted by molar-refractivity contribution is 6.14. The van der Waals surface area contributed by atoms with Crippen LogP contribution in [0.4, 0.5) is 15.3 Å². The van der Waals surface area contributed by atoms with E-state index in [2.05, 4.69) is 0 Å². The molecule has 1 fully saturated rings. The number of hydrogen-bond acceptors (Lipinski definition) is 6. The molecule has 1 aromatic carbocycles. The number of carbonyl (C=O) groups is 3. The van der Waals surface area contributed by atoms with Crippen LogP contribution >= 0.6 is 0 Å². The number of benzene rings is 1. The van der Waals surface area contributed by atoms with Gasteiger partial charge in [-0.05, 0) is 85.8 Å². The van der Waals surface area contributed by atoms with Crippen molar-refractivity contribution in [2.45, 2.75) is 85.9 Å². The summed E-state index contributed by atoms with van der Waals surface area (Å²) in [6, 6.07) is 9.79. The van der Waals surface area contributed by atoms with Crippen LogP contribution in [-0.4, -0.2) is 56.7 Å². The molecule has 1 aliphatic heterocycles. The number of imide groups is 1. The Balaban J connectivity index is 2.01. The molecule has 2 aromatic heterocycles. The predicted molar refractivity (Wildman–Crippen MR) is 164 cm³/mol. The quantitative estimate of drug-likeness (QED) is 0.322. The van der Waals surface area contributed by atoms with Gasteiger partial charge in [0.1, 0.15) is 16.9 Å². The van der Waals surface area contributed by atoms with Crippen LogP contribution in [0.5, 0.6) is 0 Å². The molecule has 9 nitrogen and oxygen atoms in total. The highest BCUT2D eigenvalue weighted by Crippen LogP contribution is 2.35. The molecule has 0 spiro atoms. The number of aromatic nitrogens is 2. The number of nitrogens with zero attached hydrogens (tertiary/aromatic N) is 4. The fourth-order valence-electron chi connectivity index (χ4n) is 4.89. The second kappa shape index (κ2) is 12.0. The maximum Gasteiger partial charge on any atom is 0.424 e. The Morgan fingerprint density at radius 3 is 2.05 bits per heavy atom. The van der Waals surface area contributed by atoms with Crippen molar-refractivity contribution in [1.29, 1.82) is 0 Å². The molecule has 0 aliphatic carbocycles. The smallest absolute Gasteiger partial charge is 0.424 e. The molecule has 3 heterocycles. The minimum atomic E-state index is -0.906. The van der Waals surface area contributed by atoms with Gasteiger partial charge in [0.15, 0.2) is 5.65 Å². The van der Waals surface area contributed by atoms with Gasteiger partial charge in [-0.1, -0.05) is 42.5 Å². The van der Waals surface area contributed by atoms with E-state index in [1.165, 1.54) is 0 Å². The normalized spacial score (nSPS) is 14.0. The fraction of sp³-hybridized carbons (Fsp3) is 0.455. The summed E-state index contributed by atoms with van der Waals surface area (Å²) in [5.41, 5.74) is 2.12. The molecular formula is C33H42N4O5. The standard InChI is InChI=1S/C33H42N4O5/c1-22-23(2)36-21-26(29(38)35-19-12-13-20-35)25(18-14-17-24-15-10-9-11-16-24)27(28(36)34-22)37(30(39)41-32(3,4)5)31(40)42-33(6,7)8/h9-11,14-17,21H,12-13,18-20H2,1-8H3. The Bertz CT molecular complexity index is 1480. The number of rotatable bonds is 5. The lowest BCUT2D eigenvalue weighted by Crippen LogP contribution is -2.44. The molecule has 0 saturated carbocycles. The van der Waals surface area contributed by atoms with Crippen molar-refractivity contribution in [3.8, 4) is 0 Å². The summed E-state index contributed by atoms with van der Waals surface area (Å²) >= 11 is 0. The second-order valence-electron chi connectivity index (χ2n) is 12.7. The van der Waals surface area contributed by atoms with Crippen molar-refractivity contribution < 1.29 is 23.9 Å². The van der Waals surface area contributed by atoms with Crippen LogP contribution in [0.25, 0.3) is 11.7 Å². The second-order valence-corrected chi connectivity index (χ2v) is 12.7. The number of hydrogen-bond donors (Lipinski definition) is 0. The van der Waals surface area contributed by atoms with Gasteiger partial charge in [-0.3, -0.25) is 4.79 Å². The zero-order valence-electron chi connectivity index (χ0n) is 26.0. The molecule has 3 amide bonds. The van der Waals surface area contributed by atoms with E-state index in [-0.39, 0.29) is 18.0 Å². The summed E-state index contributed by atoms with van der Waals surface area (Å²) in [4.78, 5) is 49.3. The van der Waals surface area contributed by atoms with E-state index in [9.17, 15) is 14.4 Å². The molecule has 1 saturated heterocycles. The van der Waals surface area contributed by atoms with Crippen LogP contribution in [0.1, 0.15) is 87.3 Å². The van der Waals surface area contributed by atoms with Crippen LogP contribution in [0.3, 0.4) is 0 Å². The summed E-state index contributed by atoms with van der Waals surface area (Å²) in [5, 5.41) is 0. The largest absolute Gasteiger partial charge is 0.443 e. The maximum absolute atomic E-state index is 14.1. The van der Waals surface area contributed by atoms with Gasteiger partial charge in [0, 0.05) is 25.0 Å². The maximum atomic E-state index is 14.1. The van der Waals surface area contributed by atoms with Crippen molar-refractivity contribution in [2.24, 2.45) is 0 Å². The van der Waals surface area contributed by atoms with Crippen LogP contribution in [0, 0.1) is 13.8 Å². The van der Waals surface area contributed by atoms with Gasteiger partial charge in [0.05, 0.1) is 11.3 Å². The Morgan fingerprint density at radius 2 is 1.50 bits per heavy atom. The van der Waals surface area contributed by atoms with Crippen LogP contribution in [-0.2, 0) is 15.9 Å². The summed E-state index contributed by atoms with van der Waals surface area (Å²) in [7, 11) is 0. The lowest BCUT2D eigenvalue weighted by molar-refractivity contribution is 0.0429. The van der Waals surface area contributed by atoms with Crippen molar-refractivity contribution in [3.63, 3.8) is 0 Å². The Labute approximate surface area is 248 Å². The molecule has 0 unspecified atom stereocenters. The van der Waals surface area contributed by atoms with E-state index in [0.29, 0.717) is 35.6 Å². The number of likely N-dealkylation sites (tertiary alicyclic amines) is 1. The summed E-state index contributed by atoms with van der Waals surface area (Å²) in [6.45, 7) is 15.4. The number of aryl methyl sites for hydroxylation is 2. The number of imidazole rings is 1. The third-order valence-corrected chi connectivity index (χ3v) is 6.90. The van der Waals surface area contributed by atoms with Crippen molar-refractivity contribution in [3.05, 3.63) is 70.7 Å². The highest BCUT2D eigenvalue weighted by atomic mass is 16.6. The molecule has 4 rings (SSSR count). The minimum absolute atomic E-state index is 0.155. The average molecular weight is 575 g/mol. The van der Waals surface area contributed by atoms with Crippen LogP contribution in [0.2, 0.25) is 0 Å². The monoisotopic (exact) mass is 574 g/mol. The average Bonchev–Trinajstić information content (AvgIpc) is 3.52. The SMILES string of the molecule is Cc1nc2c(N(C(=O)OC(C)(C)C)C(=O)OC(C)(C)C)c(CC=Cc3ccccc3)c(C(=O)N3CCCC3)cn2c1C. The zero-order valence-corrected chi connectivity index (χ0v) is 26.0. The Kier molecular flexibility index (Phi) is 8.80. The van der Waals surface area contributed by atoms with Gasteiger partial charge in [0.2, 0.25) is 0 Å². The van der Waals surface area contributed by atoms with Gasteiger partial charge in [-0.2, -0.15) is 4.90 Å². The number of ether oxygens (including phenoxy) is 2. The summed E-state index contributed by atoms with van der Waals surface area (Å²) in [6.07, 6.45) is 5.95. The van der Waals surface area contributed by atoms with Gasteiger partial charge < -0.3 is 18.8 Å².